The summed E-state index contributed by atoms with van der Waals surface area (Å²) in [6.45, 7) is 1.08. The number of hydrogen-bond donors (Lipinski definition) is 0. The Morgan fingerprint density at radius 3 is 2.30 bits per heavy atom. The molecule has 0 aliphatic heterocycles. The van der Waals surface area contributed by atoms with Gasteiger partial charge >= 0.3 is 6.18 Å². The van der Waals surface area contributed by atoms with Crippen molar-refractivity contribution in [1.82, 2.24) is 0 Å². The average molecular weight is 151 g/mol. The van der Waals surface area contributed by atoms with Crippen LogP contribution in [0.25, 0.3) is 0 Å². The normalized spacial score (nSPS) is 14.3. The third-order valence-corrected chi connectivity index (χ3v) is 1.25. The zero-order chi connectivity index (χ0) is 8.20. The van der Waals surface area contributed by atoms with Crippen LogP contribution in [0.5, 0.6) is 0 Å². The minimum absolute atomic E-state index is 0.0271. The van der Waals surface area contributed by atoms with Gasteiger partial charge in [0.2, 0.25) is 0 Å². The van der Waals surface area contributed by atoms with Crippen LogP contribution in [0.2, 0.25) is 0 Å². The molecule has 0 saturated carbocycles. The first kappa shape index (κ1) is 9.28. The van der Waals surface area contributed by atoms with E-state index >= 15 is 0 Å². The molecule has 0 saturated heterocycles. The van der Waals surface area contributed by atoms with E-state index in [0.29, 0.717) is 0 Å². The number of nitriles is 1. The maximum absolute atomic E-state index is 11.7. The number of halogens is 3. The largest absolute Gasteiger partial charge is 0.391 e. The molecule has 0 amide bonds. The first-order valence-electron chi connectivity index (χ1n) is 2.92. The molecule has 0 spiro atoms. The smallest absolute Gasteiger partial charge is 0.198 e. The molecule has 0 heterocycles. The predicted molar refractivity (Wildman–Crippen MR) is 30.1 cm³/mol. The second kappa shape index (κ2) is 3.45. The highest BCUT2D eigenvalue weighted by Crippen LogP contribution is 2.28. The SMILES string of the molecule is C[C@@H](CCC#N)C(F)(F)F. The molecule has 0 rings (SSSR count). The summed E-state index contributed by atoms with van der Waals surface area (Å²) in [7, 11) is 0. The summed E-state index contributed by atoms with van der Waals surface area (Å²) in [5, 5.41) is 7.96. The van der Waals surface area contributed by atoms with Gasteiger partial charge < -0.3 is 0 Å². The predicted octanol–water partition coefficient (Wildman–Crippen LogP) is 2.49. The average Bonchev–Trinajstić information content (AvgIpc) is 1.80. The Labute approximate surface area is 57.5 Å². The van der Waals surface area contributed by atoms with Crippen LogP contribution in [0.15, 0.2) is 0 Å². The standard InChI is InChI=1S/C6H8F3N/c1-5(3-2-4-10)6(7,8)9/h5H,2-3H2,1H3/t5-/m0/s1. The van der Waals surface area contributed by atoms with Crippen LogP contribution in [0, 0.1) is 17.2 Å². The number of alkyl halides is 3. The summed E-state index contributed by atoms with van der Waals surface area (Å²) in [5.41, 5.74) is 0. The van der Waals surface area contributed by atoms with Gasteiger partial charge in [0.05, 0.1) is 12.0 Å². The van der Waals surface area contributed by atoms with Crippen LogP contribution in [0.3, 0.4) is 0 Å². The Morgan fingerprint density at radius 2 is 2.00 bits per heavy atom. The van der Waals surface area contributed by atoms with Crippen molar-refractivity contribution in [2.24, 2.45) is 5.92 Å². The third-order valence-electron chi connectivity index (χ3n) is 1.25. The van der Waals surface area contributed by atoms with E-state index in [-0.39, 0.29) is 12.8 Å². The van der Waals surface area contributed by atoms with Crippen LogP contribution in [-0.4, -0.2) is 6.18 Å². The number of nitrogens with zero attached hydrogens (tertiary/aromatic N) is 1. The molecule has 4 heteroatoms. The van der Waals surface area contributed by atoms with Crippen LogP contribution in [0.4, 0.5) is 13.2 Å². The van der Waals surface area contributed by atoms with Gasteiger partial charge in [-0.3, -0.25) is 0 Å². The topological polar surface area (TPSA) is 23.8 Å². The highest BCUT2D eigenvalue weighted by molar-refractivity contribution is 4.73. The Balaban J connectivity index is 3.65. The molecule has 0 aromatic rings. The highest BCUT2D eigenvalue weighted by Gasteiger charge is 2.34. The fourth-order valence-electron chi connectivity index (χ4n) is 0.445. The Morgan fingerprint density at radius 1 is 1.50 bits per heavy atom. The minimum atomic E-state index is -4.14. The molecule has 0 aliphatic carbocycles. The van der Waals surface area contributed by atoms with E-state index in [1.165, 1.54) is 0 Å². The van der Waals surface area contributed by atoms with E-state index in [2.05, 4.69) is 0 Å². The molecule has 0 aromatic carbocycles. The van der Waals surface area contributed by atoms with Crippen molar-refractivity contribution in [3.8, 4) is 6.07 Å². The maximum Gasteiger partial charge on any atom is 0.391 e. The van der Waals surface area contributed by atoms with E-state index in [9.17, 15) is 13.2 Å². The molecule has 0 unspecified atom stereocenters. The summed E-state index contributed by atoms with van der Waals surface area (Å²) in [5.74, 6) is -1.35. The quantitative estimate of drug-likeness (QED) is 0.594. The van der Waals surface area contributed by atoms with Gasteiger partial charge in [-0.05, 0) is 6.42 Å². The summed E-state index contributed by atoms with van der Waals surface area (Å²) in [6.07, 6.45) is -4.27. The molecular weight excluding hydrogens is 143 g/mol. The Bertz CT molecular complexity index is 133. The molecule has 0 fully saturated rings. The second-order valence-electron chi connectivity index (χ2n) is 2.14. The molecule has 0 N–H and O–H groups in total. The van der Waals surface area contributed by atoms with Crippen molar-refractivity contribution in [3.05, 3.63) is 0 Å². The van der Waals surface area contributed by atoms with Gasteiger partial charge in [-0.25, -0.2) is 0 Å². The van der Waals surface area contributed by atoms with Gasteiger partial charge in [0.25, 0.3) is 0 Å². The Hall–Kier alpha value is -0.720. The summed E-state index contributed by atoms with van der Waals surface area (Å²) in [4.78, 5) is 0. The zero-order valence-electron chi connectivity index (χ0n) is 5.57. The van der Waals surface area contributed by atoms with Crippen LogP contribution < -0.4 is 0 Å². The van der Waals surface area contributed by atoms with E-state index in [1.807, 2.05) is 0 Å². The molecule has 10 heavy (non-hydrogen) atoms. The maximum atomic E-state index is 11.7. The zero-order valence-corrected chi connectivity index (χ0v) is 5.57. The van der Waals surface area contributed by atoms with Gasteiger partial charge in [-0.15, -0.1) is 0 Å². The molecule has 0 bridgehead atoms. The summed E-state index contributed by atoms with van der Waals surface area (Å²) >= 11 is 0. The highest BCUT2D eigenvalue weighted by atomic mass is 19.4. The number of hydrogen-bond acceptors (Lipinski definition) is 1. The Kier molecular flexibility index (Phi) is 3.20. The van der Waals surface area contributed by atoms with Gasteiger partial charge in [-0.1, -0.05) is 6.92 Å². The molecule has 58 valence electrons. The van der Waals surface area contributed by atoms with E-state index in [4.69, 9.17) is 5.26 Å². The third kappa shape index (κ3) is 3.33. The van der Waals surface area contributed by atoms with Gasteiger partial charge in [0, 0.05) is 6.42 Å². The first-order chi connectivity index (χ1) is 4.48. The molecule has 1 atom stereocenters. The van der Waals surface area contributed by atoms with E-state index < -0.39 is 12.1 Å². The first-order valence-corrected chi connectivity index (χ1v) is 2.92. The lowest BCUT2D eigenvalue weighted by atomic mass is 10.1. The van der Waals surface area contributed by atoms with Crippen molar-refractivity contribution in [2.45, 2.75) is 25.9 Å². The van der Waals surface area contributed by atoms with Crippen molar-refractivity contribution in [3.63, 3.8) is 0 Å². The van der Waals surface area contributed by atoms with Crippen molar-refractivity contribution < 1.29 is 13.2 Å². The van der Waals surface area contributed by atoms with Gasteiger partial charge in [-0.2, -0.15) is 18.4 Å². The van der Waals surface area contributed by atoms with Gasteiger partial charge in [0.15, 0.2) is 0 Å². The fraction of sp³-hybridized carbons (Fsp3) is 0.833. The van der Waals surface area contributed by atoms with E-state index in [1.54, 1.807) is 6.07 Å². The van der Waals surface area contributed by atoms with Crippen LogP contribution in [0.1, 0.15) is 19.8 Å². The second-order valence-corrected chi connectivity index (χ2v) is 2.14. The molecule has 0 aliphatic rings. The lowest BCUT2D eigenvalue weighted by Gasteiger charge is -2.12. The van der Waals surface area contributed by atoms with Crippen LogP contribution >= 0.6 is 0 Å². The monoisotopic (exact) mass is 151 g/mol. The molecule has 1 nitrogen and oxygen atoms in total. The van der Waals surface area contributed by atoms with Crippen molar-refractivity contribution >= 4 is 0 Å². The van der Waals surface area contributed by atoms with E-state index in [0.717, 1.165) is 6.92 Å². The summed E-state index contributed by atoms with van der Waals surface area (Å²) < 4.78 is 35.0. The van der Waals surface area contributed by atoms with Crippen LogP contribution in [-0.2, 0) is 0 Å². The van der Waals surface area contributed by atoms with Crippen molar-refractivity contribution in [1.29, 1.82) is 5.26 Å². The minimum Gasteiger partial charge on any atom is -0.198 e. The summed E-state index contributed by atoms with van der Waals surface area (Å²) in [6, 6.07) is 1.67. The lowest BCUT2D eigenvalue weighted by Crippen LogP contribution is -2.19. The fourth-order valence-corrected chi connectivity index (χ4v) is 0.445. The number of rotatable bonds is 2. The molecule has 0 aromatic heterocycles. The van der Waals surface area contributed by atoms with Crippen molar-refractivity contribution in [2.75, 3.05) is 0 Å². The van der Waals surface area contributed by atoms with Gasteiger partial charge in [0.1, 0.15) is 0 Å². The lowest BCUT2D eigenvalue weighted by molar-refractivity contribution is -0.170. The molecular formula is C6H8F3N. The molecule has 0 radical (unpaired) electrons.